The van der Waals surface area contributed by atoms with Gasteiger partial charge in [-0.05, 0) is 17.3 Å². The summed E-state index contributed by atoms with van der Waals surface area (Å²) in [5.41, 5.74) is -0.0259. The Morgan fingerprint density at radius 2 is 1.83 bits per heavy atom. The Hall–Kier alpha value is -0.0551. The van der Waals surface area contributed by atoms with Crippen LogP contribution >= 0.6 is 0 Å². The van der Waals surface area contributed by atoms with Crippen molar-refractivity contribution in [1.82, 2.24) is 0 Å². The summed E-state index contributed by atoms with van der Waals surface area (Å²) < 4.78 is 17.8. The van der Waals surface area contributed by atoms with E-state index in [-0.39, 0.29) is 28.5 Å². The van der Waals surface area contributed by atoms with Crippen molar-refractivity contribution in [3.05, 3.63) is 0 Å². The number of fused-ring (bicyclic) bond motifs is 2. The molecule has 3 nitrogen and oxygen atoms in total. The number of rotatable bonds is 3. The van der Waals surface area contributed by atoms with Crippen LogP contribution in [0.1, 0.15) is 34.1 Å². The van der Waals surface area contributed by atoms with Crippen LogP contribution in [-0.4, -0.2) is 46.4 Å². The molecule has 4 atom stereocenters. The molecule has 0 amide bonds. The van der Waals surface area contributed by atoms with Gasteiger partial charge in [-0.2, -0.15) is 0 Å². The van der Waals surface area contributed by atoms with Gasteiger partial charge in [0.2, 0.25) is 0 Å². The SMILES string of the molecule is BC1OC2(COC)C(OC)C1C(C)(C)CC2(C)C. The lowest BCUT2D eigenvalue weighted by Crippen LogP contribution is -2.62. The minimum absolute atomic E-state index is 0.0500. The van der Waals surface area contributed by atoms with Crippen LogP contribution in [0.25, 0.3) is 0 Å². The van der Waals surface area contributed by atoms with Crippen molar-refractivity contribution in [2.24, 2.45) is 16.7 Å². The Morgan fingerprint density at radius 1 is 1.22 bits per heavy atom. The van der Waals surface area contributed by atoms with Crippen LogP contribution in [0.3, 0.4) is 0 Å². The van der Waals surface area contributed by atoms with Crippen LogP contribution in [0.15, 0.2) is 0 Å². The topological polar surface area (TPSA) is 27.7 Å². The van der Waals surface area contributed by atoms with E-state index in [9.17, 15) is 0 Å². The zero-order valence-electron chi connectivity index (χ0n) is 12.9. The summed E-state index contributed by atoms with van der Waals surface area (Å²) in [6, 6.07) is 0.224. The lowest BCUT2D eigenvalue weighted by atomic mass is 9.52. The molecule has 0 N–H and O–H groups in total. The third-order valence-electron chi connectivity index (χ3n) is 5.25. The van der Waals surface area contributed by atoms with E-state index in [1.165, 1.54) is 0 Å². The van der Waals surface area contributed by atoms with E-state index < -0.39 is 0 Å². The van der Waals surface area contributed by atoms with Crippen molar-refractivity contribution in [2.75, 3.05) is 20.8 Å². The Morgan fingerprint density at radius 3 is 2.33 bits per heavy atom. The second-order valence-corrected chi connectivity index (χ2v) is 7.38. The molecular weight excluding hydrogens is 227 g/mol. The highest BCUT2D eigenvalue weighted by Crippen LogP contribution is 2.62. The summed E-state index contributed by atoms with van der Waals surface area (Å²) in [6.07, 6.45) is 1.25. The van der Waals surface area contributed by atoms with Gasteiger partial charge in [-0.15, -0.1) is 0 Å². The smallest absolute Gasteiger partial charge is 0.139 e. The zero-order valence-corrected chi connectivity index (χ0v) is 12.9. The van der Waals surface area contributed by atoms with Gasteiger partial charge in [0.1, 0.15) is 13.4 Å². The molecule has 1 aliphatic heterocycles. The Balaban J connectivity index is 2.50. The van der Waals surface area contributed by atoms with Crippen LogP contribution in [0.2, 0.25) is 0 Å². The van der Waals surface area contributed by atoms with Crippen LogP contribution in [0.4, 0.5) is 0 Å². The molecule has 0 aromatic carbocycles. The molecule has 2 rings (SSSR count). The molecule has 4 heteroatoms. The Kier molecular flexibility index (Phi) is 3.37. The fourth-order valence-corrected chi connectivity index (χ4v) is 4.87. The summed E-state index contributed by atoms with van der Waals surface area (Å²) in [5, 5.41) is 0. The van der Waals surface area contributed by atoms with E-state index in [0.29, 0.717) is 12.5 Å². The summed E-state index contributed by atoms with van der Waals surface area (Å²) in [4.78, 5) is 0. The number of methoxy groups -OCH3 is 2. The molecule has 0 spiro atoms. The molecule has 1 saturated heterocycles. The highest BCUT2D eigenvalue weighted by molar-refractivity contribution is 6.11. The van der Waals surface area contributed by atoms with Gasteiger partial charge in [0.25, 0.3) is 0 Å². The molecule has 2 bridgehead atoms. The first-order valence-electron chi connectivity index (χ1n) is 6.91. The molecule has 18 heavy (non-hydrogen) atoms. The first-order chi connectivity index (χ1) is 8.22. The Bertz CT molecular complexity index is 329. The maximum atomic E-state index is 6.42. The molecule has 104 valence electrons. The van der Waals surface area contributed by atoms with E-state index in [4.69, 9.17) is 14.2 Å². The molecule has 2 aliphatic rings. The molecule has 4 unspecified atom stereocenters. The van der Waals surface area contributed by atoms with Gasteiger partial charge in [-0.1, -0.05) is 27.7 Å². The van der Waals surface area contributed by atoms with E-state index in [1.54, 1.807) is 14.2 Å². The second kappa shape index (κ2) is 4.22. The fourth-order valence-electron chi connectivity index (χ4n) is 4.87. The predicted octanol–water partition coefficient (Wildman–Crippen LogP) is 1.45. The number of hydrogen-bond donors (Lipinski definition) is 0. The van der Waals surface area contributed by atoms with Crippen molar-refractivity contribution in [3.63, 3.8) is 0 Å². The van der Waals surface area contributed by atoms with Crippen molar-refractivity contribution >= 4 is 7.85 Å². The molecule has 0 radical (unpaired) electrons. The maximum Gasteiger partial charge on any atom is 0.139 e. The van der Waals surface area contributed by atoms with Crippen LogP contribution in [0, 0.1) is 16.7 Å². The Labute approximate surface area is 112 Å². The summed E-state index contributed by atoms with van der Waals surface area (Å²) in [5.74, 6) is 0.436. The van der Waals surface area contributed by atoms with Crippen LogP contribution in [0.5, 0.6) is 0 Å². The average molecular weight is 254 g/mol. The minimum atomic E-state index is -0.309. The monoisotopic (exact) mass is 254 g/mol. The van der Waals surface area contributed by atoms with E-state index in [2.05, 4.69) is 35.5 Å². The standard InChI is InChI=1S/C14H27BO3/c1-12(2)7-13(3,4)14(8-16-5)10(17-6)9(12)11(15)18-14/h9-11H,7-8,15H2,1-6H3. The molecule has 0 aromatic heterocycles. The van der Waals surface area contributed by atoms with Gasteiger partial charge in [-0.3, -0.25) is 0 Å². The highest BCUT2D eigenvalue weighted by Gasteiger charge is 2.68. The lowest BCUT2D eigenvalue weighted by Gasteiger charge is -2.55. The fraction of sp³-hybridized carbons (Fsp3) is 1.00. The molecule has 1 heterocycles. The van der Waals surface area contributed by atoms with Gasteiger partial charge < -0.3 is 14.2 Å². The maximum absolute atomic E-state index is 6.42. The quantitative estimate of drug-likeness (QED) is 0.713. The largest absolute Gasteiger partial charge is 0.382 e. The van der Waals surface area contributed by atoms with Gasteiger partial charge in [-0.25, -0.2) is 0 Å². The second-order valence-electron chi connectivity index (χ2n) is 7.38. The van der Waals surface area contributed by atoms with Crippen LogP contribution in [-0.2, 0) is 14.2 Å². The van der Waals surface area contributed by atoms with E-state index in [1.807, 2.05) is 0 Å². The average Bonchev–Trinajstić information content (AvgIpc) is 2.48. The van der Waals surface area contributed by atoms with Crippen LogP contribution < -0.4 is 0 Å². The number of ether oxygens (including phenoxy) is 3. The minimum Gasteiger partial charge on any atom is -0.382 e. The van der Waals surface area contributed by atoms with Gasteiger partial charge in [0.05, 0.1) is 12.7 Å². The molecule has 1 saturated carbocycles. The molecular formula is C14H27BO3. The summed E-state index contributed by atoms with van der Waals surface area (Å²) in [7, 11) is 5.73. The third kappa shape index (κ3) is 1.69. The predicted molar refractivity (Wildman–Crippen MR) is 74.5 cm³/mol. The van der Waals surface area contributed by atoms with E-state index in [0.717, 1.165) is 6.42 Å². The van der Waals surface area contributed by atoms with Gasteiger partial charge in [0, 0.05) is 26.1 Å². The van der Waals surface area contributed by atoms with Crippen molar-refractivity contribution in [1.29, 1.82) is 0 Å². The normalized spacial score (nSPS) is 45.1. The van der Waals surface area contributed by atoms with Gasteiger partial charge >= 0.3 is 0 Å². The highest BCUT2D eigenvalue weighted by atomic mass is 16.6. The number of hydrogen-bond acceptors (Lipinski definition) is 3. The lowest BCUT2D eigenvalue weighted by molar-refractivity contribution is -0.202. The van der Waals surface area contributed by atoms with Crippen molar-refractivity contribution < 1.29 is 14.2 Å². The zero-order chi connectivity index (χ0) is 13.8. The van der Waals surface area contributed by atoms with Gasteiger partial charge in [0.15, 0.2) is 0 Å². The molecule has 1 aliphatic carbocycles. The first kappa shape index (κ1) is 14.4. The molecule has 2 fully saturated rings. The summed E-state index contributed by atoms with van der Waals surface area (Å²) >= 11 is 0. The molecule has 0 aromatic rings. The van der Waals surface area contributed by atoms with Crippen molar-refractivity contribution in [2.45, 2.75) is 51.8 Å². The van der Waals surface area contributed by atoms with E-state index >= 15 is 0 Å². The summed E-state index contributed by atoms with van der Waals surface area (Å²) in [6.45, 7) is 9.86. The van der Waals surface area contributed by atoms with Crippen molar-refractivity contribution in [3.8, 4) is 0 Å². The third-order valence-corrected chi connectivity index (χ3v) is 5.25. The first-order valence-corrected chi connectivity index (χ1v) is 6.91.